The van der Waals surface area contributed by atoms with Crippen molar-refractivity contribution in [2.45, 2.75) is 20.3 Å². The first-order valence-corrected chi connectivity index (χ1v) is 6.88. The van der Waals surface area contributed by atoms with E-state index in [0.29, 0.717) is 11.6 Å². The molecule has 2 rings (SSSR count). The maximum atomic E-state index is 14.1. The lowest BCUT2D eigenvalue weighted by Crippen LogP contribution is -2.03. The Balaban J connectivity index is 2.77. The molecule has 2 aromatic rings. The Kier molecular flexibility index (Phi) is 4.04. The Labute approximate surface area is 119 Å². The van der Waals surface area contributed by atoms with Crippen LogP contribution in [0.15, 0.2) is 16.6 Å². The van der Waals surface area contributed by atoms with E-state index in [0.717, 1.165) is 18.2 Å². The highest BCUT2D eigenvalue weighted by molar-refractivity contribution is 9.10. The number of pyridine rings is 1. The van der Waals surface area contributed by atoms with Crippen LogP contribution in [0.5, 0.6) is 0 Å². The number of rotatable bonds is 3. The topological polar surface area (TPSA) is 24.9 Å². The number of fused-ring (bicyclic) bond motifs is 1. The van der Waals surface area contributed by atoms with Gasteiger partial charge in [-0.1, -0.05) is 13.8 Å². The number of hydrogen-bond acceptors (Lipinski definition) is 2. The molecule has 0 saturated carbocycles. The minimum absolute atomic E-state index is 0.0724. The zero-order valence-corrected chi connectivity index (χ0v) is 12.6. The van der Waals surface area contributed by atoms with E-state index in [1.807, 2.05) is 0 Å². The van der Waals surface area contributed by atoms with Gasteiger partial charge in [-0.25, -0.2) is 13.8 Å². The Bertz CT molecular complexity index is 627. The summed E-state index contributed by atoms with van der Waals surface area (Å²) in [6.07, 6.45) is 0.724. The predicted molar refractivity (Wildman–Crippen MR) is 77.4 cm³/mol. The second-order valence-electron chi connectivity index (χ2n) is 4.89. The van der Waals surface area contributed by atoms with Gasteiger partial charge in [-0.3, -0.25) is 0 Å². The van der Waals surface area contributed by atoms with Gasteiger partial charge in [0.25, 0.3) is 0 Å². The van der Waals surface area contributed by atoms with Crippen LogP contribution in [0.4, 0.5) is 14.5 Å². The normalized spacial score (nSPS) is 11.3. The maximum absolute atomic E-state index is 14.1. The van der Waals surface area contributed by atoms with E-state index >= 15 is 0 Å². The van der Waals surface area contributed by atoms with Crippen molar-refractivity contribution in [2.24, 2.45) is 5.92 Å². The molecule has 1 heterocycles. The number of benzene rings is 1. The van der Waals surface area contributed by atoms with Crippen LogP contribution in [-0.4, -0.2) is 12.0 Å². The van der Waals surface area contributed by atoms with Crippen LogP contribution in [0.3, 0.4) is 0 Å². The van der Waals surface area contributed by atoms with Crippen LogP contribution in [0.1, 0.15) is 19.5 Å². The number of anilines is 1. The fourth-order valence-electron chi connectivity index (χ4n) is 2.08. The maximum Gasteiger partial charge on any atom is 0.150 e. The molecule has 0 bridgehead atoms. The summed E-state index contributed by atoms with van der Waals surface area (Å²) in [5, 5.41) is 3.09. The third-order valence-electron chi connectivity index (χ3n) is 2.87. The van der Waals surface area contributed by atoms with Gasteiger partial charge >= 0.3 is 0 Å². The summed E-state index contributed by atoms with van der Waals surface area (Å²) >= 11 is 3.02. The van der Waals surface area contributed by atoms with Crippen molar-refractivity contribution in [1.29, 1.82) is 0 Å². The molecule has 1 aromatic carbocycles. The van der Waals surface area contributed by atoms with Crippen molar-refractivity contribution >= 4 is 32.5 Å². The number of nitrogens with one attached hydrogen (secondary N) is 1. The molecule has 2 nitrogen and oxygen atoms in total. The van der Waals surface area contributed by atoms with E-state index in [2.05, 4.69) is 40.1 Å². The molecule has 0 spiro atoms. The summed E-state index contributed by atoms with van der Waals surface area (Å²) < 4.78 is 28.2. The second-order valence-corrected chi connectivity index (χ2v) is 5.74. The molecule has 0 radical (unpaired) electrons. The van der Waals surface area contributed by atoms with E-state index in [9.17, 15) is 8.78 Å². The molecule has 0 aliphatic heterocycles. The molecule has 0 aliphatic rings. The molecule has 0 atom stereocenters. The van der Waals surface area contributed by atoms with Gasteiger partial charge in [-0.15, -0.1) is 0 Å². The van der Waals surface area contributed by atoms with E-state index in [-0.39, 0.29) is 15.4 Å². The monoisotopic (exact) mass is 328 g/mol. The molecular formula is C14H15BrF2N2. The first-order valence-electron chi connectivity index (χ1n) is 6.09. The van der Waals surface area contributed by atoms with Gasteiger partial charge < -0.3 is 5.32 Å². The van der Waals surface area contributed by atoms with E-state index in [1.165, 1.54) is 0 Å². The Morgan fingerprint density at radius 2 is 2.00 bits per heavy atom. The molecule has 19 heavy (non-hydrogen) atoms. The largest absolute Gasteiger partial charge is 0.387 e. The molecule has 5 heteroatoms. The van der Waals surface area contributed by atoms with Gasteiger partial charge in [0.2, 0.25) is 0 Å². The lowest BCUT2D eigenvalue weighted by molar-refractivity contribution is 0.606. The summed E-state index contributed by atoms with van der Waals surface area (Å²) in [7, 11) is 1.69. The molecule has 0 saturated heterocycles. The Hall–Kier alpha value is -1.23. The highest BCUT2D eigenvalue weighted by Crippen LogP contribution is 2.32. The van der Waals surface area contributed by atoms with Crippen LogP contribution in [0.2, 0.25) is 0 Å². The molecular weight excluding hydrogens is 314 g/mol. The summed E-state index contributed by atoms with van der Waals surface area (Å²) in [4.78, 5) is 4.25. The van der Waals surface area contributed by atoms with Gasteiger partial charge in [0.1, 0.15) is 11.3 Å². The van der Waals surface area contributed by atoms with E-state index in [1.54, 1.807) is 13.1 Å². The van der Waals surface area contributed by atoms with Gasteiger partial charge in [-0.2, -0.15) is 0 Å². The first-order chi connectivity index (χ1) is 8.93. The second kappa shape index (κ2) is 5.41. The van der Waals surface area contributed by atoms with Gasteiger partial charge in [0.15, 0.2) is 5.82 Å². The number of nitrogens with zero attached hydrogens (tertiary/aromatic N) is 1. The summed E-state index contributed by atoms with van der Waals surface area (Å²) in [5.41, 5.74) is 1.38. The number of aromatic nitrogens is 1. The van der Waals surface area contributed by atoms with Crippen molar-refractivity contribution in [3.05, 3.63) is 33.9 Å². The minimum atomic E-state index is -0.523. The summed E-state index contributed by atoms with van der Waals surface area (Å²) in [6.45, 7) is 4.12. The van der Waals surface area contributed by atoms with Crippen molar-refractivity contribution in [1.82, 2.24) is 4.98 Å². The number of halogens is 3. The van der Waals surface area contributed by atoms with Crippen LogP contribution in [0, 0.1) is 17.6 Å². The van der Waals surface area contributed by atoms with Crippen LogP contribution >= 0.6 is 15.9 Å². The van der Waals surface area contributed by atoms with Crippen LogP contribution in [0.25, 0.3) is 10.9 Å². The van der Waals surface area contributed by atoms with E-state index in [4.69, 9.17) is 0 Å². The Morgan fingerprint density at radius 3 is 2.58 bits per heavy atom. The highest BCUT2D eigenvalue weighted by Gasteiger charge is 2.17. The zero-order valence-electron chi connectivity index (χ0n) is 11.0. The molecule has 0 amide bonds. The van der Waals surface area contributed by atoms with Crippen LogP contribution < -0.4 is 5.32 Å². The number of hydrogen-bond donors (Lipinski definition) is 1. The Morgan fingerprint density at radius 1 is 1.32 bits per heavy atom. The highest BCUT2D eigenvalue weighted by atomic mass is 79.9. The van der Waals surface area contributed by atoms with E-state index < -0.39 is 11.6 Å². The fraction of sp³-hybridized carbons (Fsp3) is 0.357. The third kappa shape index (κ3) is 2.71. The zero-order chi connectivity index (χ0) is 14.2. The summed E-state index contributed by atoms with van der Waals surface area (Å²) in [6, 6.07) is 2.89. The molecule has 0 aliphatic carbocycles. The third-order valence-corrected chi connectivity index (χ3v) is 3.45. The lowest BCUT2D eigenvalue weighted by atomic mass is 10.0. The smallest absolute Gasteiger partial charge is 0.150 e. The van der Waals surface area contributed by atoms with Crippen molar-refractivity contribution in [2.75, 3.05) is 12.4 Å². The quantitative estimate of drug-likeness (QED) is 0.838. The van der Waals surface area contributed by atoms with Gasteiger partial charge in [0.05, 0.1) is 9.86 Å². The molecule has 102 valence electrons. The molecule has 0 fully saturated rings. The molecule has 0 unspecified atom stereocenters. The molecule has 1 aromatic heterocycles. The van der Waals surface area contributed by atoms with Crippen molar-refractivity contribution in [3.63, 3.8) is 0 Å². The first kappa shape index (κ1) is 14.2. The average Bonchev–Trinajstić information content (AvgIpc) is 2.34. The fourth-order valence-corrected chi connectivity index (χ4v) is 2.47. The van der Waals surface area contributed by atoms with Crippen LogP contribution in [-0.2, 0) is 6.42 Å². The van der Waals surface area contributed by atoms with Crippen molar-refractivity contribution in [3.8, 4) is 0 Å². The predicted octanol–water partition coefficient (Wildman–Crippen LogP) is 4.52. The molecule has 1 N–H and O–H groups in total. The summed E-state index contributed by atoms with van der Waals surface area (Å²) in [5.74, 6) is -0.618. The average molecular weight is 329 g/mol. The van der Waals surface area contributed by atoms with Gasteiger partial charge in [0, 0.05) is 18.4 Å². The lowest BCUT2D eigenvalue weighted by Gasteiger charge is -2.12. The van der Waals surface area contributed by atoms with Crippen molar-refractivity contribution < 1.29 is 8.78 Å². The van der Waals surface area contributed by atoms with Gasteiger partial charge in [-0.05, 0) is 40.4 Å². The standard InChI is InChI=1S/C14H15BrF2N2/c1-7(2)4-8-5-11(18-3)12-13(17)9(15)6-10(16)14(12)19-8/h5-7H,4H2,1-3H3,(H,18,19). The SMILES string of the molecule is CNc1cc(CC(C)C)nc2c(F)cc(Br)c(F)c12. The minimum Gasteiger partial charge on any atom is -0.387 e.